The molecule has 0 atom stereocenters. The van der Waals surface area contributed by atoms with Crippen LogP contribution in [0.4, 0.5) is 5.69 Å². The lowest BCUT2D eigenvalue weighted by Gasteiger charge is -2.11. The molecule has 0 unspecified atom stereocenters. The summed E-state index contributed by atoms with van der Waals surface area (Å²) in [6, 6.07) is 12.9. The third-order valence-corrected chi connectivity index (χ3v) is 5.87. The molecule has 158 valence electrons. The molecule has 1 amide bonds. The Labute approximate surface area is 173 Å². The van der Waals surface area contributed by atoms with Gasteiger partial charge in [0.2, 0.25) is 10.0 Å². The van der Waals surface area contributed by atoms with Crippen molar-refractivity contribution < 1.29 is 17.9 Å². The Bertz CT molecular complexity index is 876. The molecule has 0 radical (unpaired) electrons. The van der Waals surface area contributed by atoms with Crippen LogP contribution in [0.25, 0.3) is 0 Å². The van der Waals surface area contributed by atoms with Gasteiger partial charge in [0.05, 0.1) is 11.5 Å². The van der Waals surface area contributed by atoms with Gasteiger partial charge in [0.15, 0.2) is 0 Å². The van der Waals surface area contributed by atoms with Crippen LogP contribution in [0.3, 0.4) is 0 Å². The number of sulfonamides is 1. The Morgan fingerprint density at radius 3 is 2.21 bits per heavy atom. The van der Waals surface area contributed by atoms with Gasteiger partial charge in [-0.2, -0.15) is 0 Å². The molecule has 7 heteroatoms. The molecule has 2 N–H and O–H groups in total. The number of hydrogen-bond donors (Lipinski definition) is 2. The maximum absolute atomic E-state index is 12.4. The number of anilines is 1. The summed E-state index contributed by atoms with van der Waals surface area (Å²) in [5, 5.41) is 2.77. The molecular formula is C22H30N2O4S. The number of carbonyl (C=O) groups is 1. The third-order valence-electron chi connectivity index (χ3n) is 4.20. The van der Waals surface area contributed by atoms with Gasteiger partial charge in [-0.05, 0) is 68.8 Å². The van der Waals surface area contributed by atoms with Crippen LogP contribution in [0, 0.1) is 0 Å². The number of carbonyl (C=O) groups excluding carboxylic acids is 1. The Hall–Kier alpha value is -2.38. The Morgan fingerprint density at radius 2 is 1.62 bits per heavy atom. The van der Waals surface area contributed by atoms with Crippen molar-refractivity contribution in [1.29, 1.82) is 0 Å². The smallest absolute Gasteiger partial charge is 0.255 e. The van der Waals surface area contributed by atoms with Crippen LogP contribution in [-0.2, 0) is 10.0 Å². The molecule has 0 aromatic heterocycles. The number of rotatable bonds is 11. The second-order valence-electron chi connectivity index (χ2n) is 7.19. The highest BCUT2D eigenvalue weighted by atomic mass is 32.2. The predicted octanol–water partition coefficient (Wildman–Crippen LogP) is 4.58. The molecule has 6 nitrogen and oxygen atoms in total. The van der Waals surface area contributed by atoms with Crippen LogP contribution >= 0.6 is 0 Å². The number of benzene rings is 2. The van der Waals surface area contributed by atoms with E-state index in [9.17, 15) is 13.2 Å². The average molecular weight is 419 g/mol. The first-order valence-corrected chi connectivity index (χ1v) is 11.5. The fourth-order valence-corrected chi connectivity index (χ4v) is 3.97. The Morgan fingerprint density at radius 1 is 0.966 bits per heavy atom. The monoisotopic (exact) mass is 418 g/mol. The summed E-state index contributed by atoms with van der Waals surface area (Å²) < 4.78 is 32.5. The van der Waals surface area contributed by atoms with E-state index in [0.717, 1.165) is 18.6 Å². The molecule has 0 fully saturated rings. The van der Waals surface area contributed by atoms with E-state index >= 15 is 0 Å². The summed E-state index contributed by atoms with van der Waals surface area (Å²) in [5.74, 6) is 0.473. The van der Waals surface area contributed by atoms with Gasteiger partial charge in [0, 0.05) is 17.3 Å². The predicted molar refractivity (Wildman–Crippen MR) is 116 cm³/mol. The van der Waals surface area contributed by atoms with Crippen LogP contribution in [-0.4, -0.2) is 27.0 Å². The zero-order valence-corrected chi connectivity index (χ0v) is 18.1. The largest absolute Gasteiger partial charge is 0.494 e. The minimum atomic E-state index is -3.55. The van der Waals surface area contributed by atoms with Crippen LogP contribution in [0.15, 0.2) is 53.4 Å². The van der Waals surface area contributed by atoms with E-state index in [0.29, 0.717) is 17.9 Å². The van der Waals surface area contributed by atoms with Gasteiger partial charge in [0.1, 0.15) is 5.75 Å². The Kier molecular flexibility index (Phi) is 8.67. The van der Waals surface area contributed by atoms with Gasteiger partial charge in [0.25, 0.3) is 5.91 Å². The van der Waals surface area contributed by atoms with E-state index in [1.807, 2.05) is 0 Å². The summed E-state index contributed by atoms with van der Waals surface area (Å²) in [6.07, 6.45) is 4.58. The van der Waals surface area contributed by atoms with Crippen molar-refractivity contribution in [3.63, 3.8) is 0 Å². The number of unbranched alkanes of at least 4 members (excludes halogenated alkanes) is 3. The highest BCUT2D eigenvalue weighted by Gasteiger charge is 2.15. The molecule has 0 aliphatic heterocycles. The maximum atomic E-state index is 12.4. The topological polar surface area (TPSA) is 84.5 Å². The van der Waals surface area contributed by atoms with Crippen molar-refractivity contribution in [3.05, 3.63) is 54.1 Å². The van der Waals surface area contributed by atoms with E-state index in [4.69, 9.17) is 4.74 Å². The van der Waals surface area contributed by atoms with Gasteiger partial charge in [-0.1, -0.05) is 26.2 Å². The van der Waals surface area contributed by atoms with E-state index in [2.05, 4.69) is 17.0 Å². The minimum absolute atomic E-state index is 0.157. The second kappa shape index (κ2) is 11.0. The highest BCUT2D eigenvalue weighted by Crippen LogP contribution is 2.17. The van der Waals surface area contributed by atoms with Crippen LogP contribution in [0.2, 0.25) is 0 Å². The molecule has 0 aliphatic rings. The molecule has 0 saturated heterocycles. The number of hydrogen-bond acceptors (Lipinski definition) is 4. The highest BCUT2D eigenvalue weighted by molar-refractivity contribution is 7.89. The fourth-order valence-electron chi connectivity index (χ4n) is 2.72. The van der Waals surface area contributed by atoms with Gasteiger partial charge >= 0.3 is 0 Å². The number of nitrogens with one attached hydrogen (secondary N) is 2. The molecule has 29 heavy (non-hydrogen) atoms. The molecule has 0 saturated carbocycles. The molecule has 0 spiro atoms. The lowest BCUT2D eigenvalue weighted by atomic mass is 10.2. The molecule has 0 aliphatic carbocycles. The molecule has 0 heterocycles. The van der Waals surface area contributed by atoms with Crippen molar-refractivity contribution in [2.24, 2.45) is 0 Å². The van der Waals surface area contributed by atoms with Crippen molar-refractivity contribution in [1.82, 2.24) is 4.72 Å². The van der Waals surface area contributed by atoms with Gasteiger partial charge < -0.3 is 10.1 Å². The Balaban J connectivity index is 1.91. The fraction of sp³-hybridized carbons (Fsp3) is 0.409. The van der Waals surface area contributed by atoms with Crippen LogP contribution < -0.4 is 14.8 Å². The summed E-state index contributed by atoms with van der Waals surface area (Å²) in [5.41, 5.74) is 1.02. The van der Waals surface area contributed by atoms with Crippen molar-refractivity contribution in [2.45, 2.75) is 57.4 Å². The number of amides is 1. The molecule has 2 aromatic carbocycles. The first-order valence-electron chi connectivity index (χ1n) is 9.98. The third kappa shape index (κ3) is 7.51. The first kappa shape index (κ1) is 22.9. The lowest BCUT2D eigenvalue weighted by molar-refractivity contribution is 0.102. The molecule has 2 aromatic rings. The van der Waals surface area contributed by atoms with Gasteiger partial charge in [-0.15, -0.1) is 0 Å². The van der Waals surface area contributed by atoms with E-state index < -0.39 is 10.0 Å². The summed E-state index contributed by atoms with van der Waals surface area (Å²) >= 11 is 0. The number of ether oxygens (including phenoxy) is 1. The van der Waals surface area contributed by atoms with Crippen LogP contribution in [0.5, 0.6) is 5.75 Å². The summed E-state index contributed by atoms with van der Waals surface area (Å²) in [7, 11) is -3.55. The van der Waals surface area contributed by atoms with E-state index in [-0.39, 0.29) is 16.8 Å². The lowest BCUT2D eigenvalue weighted by Crippen LogP contribution is -2.30. The second-order valence-corrected chi connectivity index (χ2v) is 8.90. The standard InChI is InChI=1S/C22H30N2O4S/c1-4-5-6-7-16-28-20-12-8-18(9-13-20)22(25)23-19-10-14-21(15-11-19)29(26,27)24-17(2)3/h8-15,17,24H,4-7,16H2,1-3H3,(H,23,25). The average Bonchev–Trinajstić information content (AvgIpc) is 2.68. The zero-order valence-electron chi connectivity index (χ0n) is 17.3. The van der Waals surface area contributed by atoms with Crippen molar-refractivity contribution in [3.8, 4) is 5.75 Å². The van der Waals surface area contributed by atoms with Gasteiger partial charge in [-0.3, -0.25) is 4.79 Å². The molecule has 2 rings (SSSR count). The van der Waals surface area contributed by atoms with Crippen LogP contribution in [0.1, 0.15) is 56.8 Å². The van der Waals surface area contributed by atoms with E-state index in [1.165, 1.54) is 25.0 Å². The summed E-state index contributed by atoms with van der Waals surface area (Å²) in [6.45, 7) is 6.36. The maximum Gasteiger partial charge on any atom is 0.255 e. The van der Waals surface area contributed by atoms with Crippen molar-refractivity contribution in [2.75, 3.05) is 11.9 Å². The summed E-state index contributed by atoms with van der Waals surface area (Å²) in [4.78, 5) is 12.6. The minimum Gasteiger partial charge on any atom is -0.494 e. The first-order chi connectivity index (χ1) is 13.8. The molecular weight excluding hydrogens is 388 g/mol. The quantitative estimate of drug-likeness (QED) is 0.523. The van der Waals surface area contributed by atoms with Crippen molar-refractivity contribution >= 4 is 21.6 Å². The zero-order chi connectivity index (χ0) is 21.3. The van der Waals surface area contributed by atoms with Gasteiger partial charge in [-0.25, -0.2) is 13.1 Å². The molecule has 0 bridgehead atoms. The normalized spacial score (nSPS) is 11.4. The SMILES string of the molecule is CCCCCCOc1ccc(C(=O)Nc2ccc(S(=O)(=O)NC(C)C)cc2)cc1. The van der Waals surface area contributed by atoms with E-state index in [1.54, 1.807) is 50.2 Å².